The monoisotopic (exact) mass is 311 g/mol. The first-order valence-corrected chi connectivity index (χ1v) is 8.80. The van der Waals surface area contributed by atoms with Gasteiger partial charge in [0.05, 0.1) is 4.90 Å². The predicted molar refractivity (Wildman–Crippen MR) is 84.5 cm³/mol. The van der Waals surface area contributed by atoms with Gasteiger partial charge in [0.15, 0.2) is 0 Å². The summed E-state index contributed by atoms with van der Waals surface area (Å²) in [6.07, 6.45) is 2.33. The molecule has 0 radical (unpaired) electrons. The molecule has 1 saturated heterocycles. The second kappa shape index (κ2) is 6.44. The van der Waals surface area contributed by atoms with E-state index in [1.54, 1.807) is 26.2 Å². The summed E-state index contributed by atoms with van der Waals surface area (Å²) < 4.78 is 25.4. The van der Waals surface area contributed by atoms with Gasteiger partial charge in [-0.25, -0.2) is 12.7 Å². The van der Waals surface area contributed by atoms with E-state index < -0.39 is 10.0 Å². The minimum Gasteiger partial charge on any atom is -0.329 e. The van der Waals surface area contributed by atoms with Crippen molar-refractivity contribution in [3.63, 3.8) is 0 Å². The fraction of sp³-hybridized carbons (Fsp3) is 0.600. The van der Waals surface area contributed by atoms with Gasteiger partial charge in [-0.1, -0.05) is 12.1 Å². The van der Waals surface area contributed by atoms with E-state index in [2.05, 4.69) is 11.8 Å². The number of sulfonamides is 1. The maximum atomic E-state index is 12.1. The summed E-state index contributed by atoms with van der Waals surface area (Å²) in [5.74, 6) is 0. The second-order valence-electron chi connectivity index (χ2n) is 5.80. The summed E-state index contributed by atoms with van der Waals surface area (Å²) in [5, 5.41) is 0. The number of hydrogen-bond donors (Lipinski definition) is 1. The van der Waals surface area contributed by atoms with Gasteiger partial charge in [0.2, 0.25) is 10.0 Å². The maximum absolute atomic E-state index is 12.1. The van der Waals surface area contributed by atoms with E-state index in [1.165, 1.54) is 10.7 Å². The predicted octanol–water partition coefficient (Wildman–Crippen LogP) is 1.42. The summed E-state index contributed by atoms with van der Waals surface area (Å²) in [4.78, 5) is 2.75. The third-order valence-corrected chi connectivity index (χ3v) is 6.16. The molecule has 1 aromatic rings. The van der Waals surface area contributed by atoms with Crippen molar-refractivity contribution in [2.45, 2.75) is 36.7 Å². The fourth-order valence-corrected chi connectivity index (χ4v) is 3.84. The Morgan fingerprint density at radius 3 is 2.48 bits per heavy atom. The fourth-order valence-electron chi connectivity index (χ4n) is 2.94. The van der Waals surface area contributed by atoms with Crippen molar-refractivity contribution in [1.82, 2.24) is 9.21 Å². The highest BCUT2D eigenvalue weighted by molar-refractivity contribution is 7.89. The van der Waals surface area contributed by atoms with Gasteiger partial charge in [0.25, 0.3) is 0 Å². The van der Waals surface area contributed by atoms with Crippen LogP contribution in [0.4, 0.5) is 0 Å². The Labute approximate surface area is 127 Å². The molecule has 0 saturated carbocycles. The quantitative estimate of drug-likeness (QED) is 0.893. The minimum atomic E-state index is -3.35. The lowest BCUT2D eigenvalue weighted by molar-refractivity contribution is 0.197. The molecule has 6 heteroatoms. The summed E-state index contributed by atoms with van der Waals surface area (Å²) in [6.45, 7) is 3.89. The van der Waals surface area contributed by atoms with Crippen LogP contribution in [-0.4, -0.2) is 50.8 Å². The van der Waals surface area contributed by atoms with E-state index in [0.717, 1.165) is 18.5 Å². The molecule has 1 aromatic carbocycles. The van der Waals surface area contributed by atoms with Crippen molar-refractivity contribution in [3.8, 4) is 0 Å². The molecule has 0 spiro atoms. The SMILES string of the molecule is CC(c1ccc(S(=O)(=O)N(C)C)cc1)N1CCCC1CN. The van der Waals surface area contributed by atoms with Crippen LogP contribution in [0.5, 0.6) is 0 Å². The number of hydrogen-bond acceptors (Lipinski definition) is 4. The Morgan fingerprint density at radius 2 is 1.95 bits per heavy atom. The Kier molecular flexibility index (Phi) is 5.03. The van der Waals surface area contributed by atoms with Crippen molar-refractivity contribution in [2.75, 3.05) is 27.2 Å². The first-order chi connectivity index (χ1) is 9.87. The smallest absolute Gasteiger partial charge is 0.242 e. The summed E-state index contributed by atoms with van der Waals surface area (Å²) >= 11 is 0. The van der Waals surface area contributed by atoms with Crippen LogP contribution in [0.1, 0.15) is 31.4 Å². The standard InChI is InChI=1S/C15H25N3O2S/c1-12(18-10-4-5-14(18)11-16)13-6-8-15(9-7-13)21(19,20)17(2)3/h6-9,12,14H,4-5,10-11,16H2,1-3H3. The average molecular weight is 311 g/mol. The topological polar surface area (TPSA) is 66.6 Å². The first-order valence-electron chi connectivity index (χ1n) is 7.36. The van der Waals surface area contributed by atoms with Gasteiger partial charge in [0, 0.05) is 32.7 Å². The van der Waals surface area contributed by atoms with E-state index in [4.69, 9.17) is 5.73 Å². The molecular formula is C15H25N3O2S. The third-order valence-electron chi connectivity index (χ3n) is 4.33. The number of benzene rings is 1. The lowest BCUT2D eigenvalue weighted by atomic mass is 10.1. The van der Waals surface area contributed by atoms with E-state index in [0.29, 0.717) is 17.5 Å². The lowest BCUT2D eigenvalue weighted by Crippen LogP contribution is -2.37. The van der Waals surface area contributed by atoms with Gasteiger partial charge in [0.1, 0.15) is 0 Å². The van der Waals surface area contributed by atoms with Crippen LogP contribution in [0.25, 0.3) is 0 Å². The maximum Gasteiger partial charge on any atom is 0.242 e. The summed E-state index contributed by atoms with van der Waals surface area (Å²) in [6, 6.07) is 7.89. The van der Waals surface area contributed by atoms with Crippen molar-refractivity contribution < 1.29 is 8.42 Å². The molecule has 118 valence electrons. The van der Waals surface area contributed by atoms with Crippen LogP contribution >= 0.6 is 0 Å². The highest BCUT2D eigenvalue weighted by atomic mass is 32.2. The highest BCUT2D eigenvalue weighted by Crippen LogP contribution is 2.29. The number of likely N-dealkylation sites (tertiary alicyclic amines) is 1. The second-order valence-corrected chi connectivity index (χ2v) is 7.95. The molecule has 0 bridgehead atoms. The van der Waals surface area contributed by atoms with Crippen LogP contribution in [0.2, 0.25) is 0 Å². The minimum absolute atomic E-state index is 0.261. The Bertz CT molecular complexity index is 569. The van der Waals surface area contributed by atoms with Crippen LogP contribution in [0.3, 0.4) is 0 Å². The number of rotatable bonds is 5. The number of nitrogens with two attached hydrogens (primary N) is 1. The Morgan fingerprint density at radius 1 is 1.33 bits per heavy atom. The van der Waals surface area contributed by atoms with Crippen molar-refractivity contribution in [1.29, 1.82) is 0 Å². The molecule has 1 heterocycles. The summed E-state index contributed by atoms with van der Waals surface area (Å²) in [5.41, 5.74) is 6.96. The van der Waals surface area contributed by atoms with Crippen LogP contribution < -0.4 is 5.73 Å². The lowest BCUT2D eigenvalue weighted by Gasteiger charge is -2.30. The normalized spacial score (nSPS) is 21.9. The van der Waals surface area contributed by atoms with Gasteiger partial charge in [-0.15, -0.1) is 0 Å². The molecule has 0 aliphatic carbocycles. The molecule has 2 atom stereocenters. The van der Waals surface area contributed by atoms with Crippen molar-refractivity contribution >= 4 is 10.0 Å². The van der Waals surface area contributed by atoms with Crippen molar-refractivity contribution in [3.05, 3.63) is 29.8 Å². The molecule has 1 aliphatic heterocycles. The third kappa shape index (κ3) is 3.29. The molecule has 1 fully saturated rings. The largest absolute Gasteiger partial charge is 0.329 e. The molecule has 2 rings (SSSR count). The molecule has 5 nitrogen and oxygen atoms in total. The van der Waals surface area contributed by atoms with E-state index in [-0.39, 0.29) is 6.04 Å². The number of nitrogens with zero attached hydrogens (tertiary/aromatic N) is 2. The highest BCUT2D eigenvalue weighted by Gasteiger charge is 2.28. The Balaban J connectivity index is 2.19. The van der Waals surface area contributed by atoms with Gasteiger partial charge >= 0.3 is 0 Å². The molecule has 0 amide bonds. The van der Waals surface area contributed by atoms with E-state index in [9.17, 15) is 8.42 Å². The van der Waals surface area contributed by atoms with Crippen LogP contribution in [0.15, 0.2) is 29.2 Å². The van der Waals surface area contributed by atoms with Gasteiger partial charge in [-0.2, -0.15) is 0 Å². The van der Waals surface area contributed by atoms with Gasteiger partial charge < -0.3 is 5.73 Å². The average Bonchev–Trinajstić information content (AvgIpc) is 2.94. The Hall–Kier alpha value is -0.950. The van der Waals surface area contributed by atoms with Gasteiger partial charge in [-0.05, 0) is 44.0 Å². The zero-order valence-electron chi connectivity index (χ0n) is 13.0. The first kappa shape index (κ1) is 16.4. The van der Waals surface area contributed by atoms with E-state index in [1.807, 2.05) is 12.1 Å². The molecule has 21 heavy (non-hydrogen) atoms. The summed E-state index contributed by atoms with van der Waals surface area (Å²) in [7, 11) is -0.267. The molecule has 2 unspecified atom stereocenters. The van der Waals surface area contributed by atoms with E-state index >= 15 is 0 Å². The zero-order valence-corrected chi connectivity index (χ0v) is 13.8. The van der Waals surface area contributed by atoms with Gasteiger partial charge in [-0.3, -0.25) is 4.90 Å². The van der Waals surface area contributed by atoms with Crippen LogP contribution in [0, 0.1) is 0 Å². The zero-order chi connectivity index (χ0) is 15.6. The molecular weight excluding hydrogens is 286 g/mol. The van der Waals surface area contributed by atoms with Crippen molar-refractivity contribution in [2.24, 2.45) is 5.73 Å². The molecule has 1 aliphatic rings. The molecule has 2 N–H and O–H groups in total. The molecule has 0 aromatic heterocycles. The van der Waals surface area contributed by atoms with Crippen LogP contribution in [-0.2, 0) is 10.0 Å².